The van der Waals surface area contributed by atoms with E-state index in [2.05, 4.69) is 22.1 Å². The van der Waals surface area contributed by atoms with Crippen molar-refractivity contribution < 1.29 is 4.79 Å². The van der Waals surface area contributed by atoms with Crippen LogP contribution < -0.4 is 10.2 Å². The zero-order valence-electron chi connectivity index (χ0n) is 14.5. The van der Waals surface area contributed by atoms with E-state index in [1.807, 2.05) is 60.7 Å². The Morgan fingerprint density at radius 2 is 1.77 bits per heavy atom. The van der Waals surface area contributed by atoms with Gasteiger partial charge >= 0.3 is 0 Å². The summed E-state index contributed by atoms with van der Waals surface area (Å²) in [5.74, 6) is -0.154. The molecule has 0 aliphatic rings. The average molecular weight is 366 g/mol. The summed E-state index contributed by atoms with van der Waals surface area (Å²) >= 11 is 5.88. The average Bonchev–Trinajstić information content (AvgIpc) is 2.69. The molecule has 0 spiro atoms. The van der Waals surface area contributed by atoms with Gasteiger partial charge in [-0.25, -0.2) is 0 Å². The zero-order valence-corrected chi connectivity index (χ0v) is 15.3. The highest BCUT2D eigenvalue weighted by molar-refractivity contribution is 6.30. The number of carbonyl (C=O) groups is 1. The minimum atomic E-state index is -0.154. The van der Waals surface area contributed by atoms with Crippen LogP contribution in [0, 0.1) is 0 Å². The predicted molar refractivity (Wildman–Crippen MR) is 106 cm³/mol. The number of hydrogen-bond acceptors (Lipinski definition) is 3. The zero-order chi connectivity index (χ0) is 18.4. The first kappa shape index (κ1) is 18.0. The topological polar surface area (TPSA) is 45.2 Å². The van der Waals surface area contributed by atoms with Gasteiger partial charge in [0.05, 0.1) is 17.4 Å². The van der Waals surface area contributed by atoms with Gasteiger partial charge < -0.3 is 10.2 Å². The predicted octanol–water partition coefficient (Wildman–Crippen LogP) is 4.82. The maximum atomic E-state index is 12.5. The van der Waals surface area contributed by atoms with E-state index in [0.717, 1.165) is 23.5 Å². The molecule has 3 aromatic rings. The number of halogens is 1. The molecule has 0 fully saturated rings. The fraction of sp³-hybridized carbons (Fsp3) is 0.143. The number of amides is 1. The van der Waals surface area contributed by atoms with Crippen molar-refractivity contribution in [1.29, 1.82) is 0 Å². The molecule has 0 aliphatic carbocycles. The van der Waals surface area contributed by atoms with Crippen LogP contribution in [0.15, 0.2) is 73.1 Å². The number of hydrogen-bond donors (Lipinski definition) is 1. The van der Waals surface area contributed by atoms with Gasteiger partial charge in [-0.15, -0.1) is 0 Å². The number of carbonyl (C=O) groups excluding carboxylic acids is 1. The lowest BCUT2D eigenvalue weighted by atomic mass is 10.2. The molecular weight excluding hydrogens is 346 g/mol. The van der Waals surface area contributed by atoms with E-state index in [9.17, 15) is 4.79 Å². The SMILES string of the molecule is CCN(c1ccccc1)c1cncc(C(=O)NCc2ccc(Cl)cc2)c1. The number of para-hydroxylation sites is 1. The van der Waals surface area contributed by atoms with Crippen molar-refractivity contribution >= 4 is 28.9 Å². The van der Waals surface area contributed by atoms with Crippen LogP contribution in [-0.4, -0.2) is 17.4 Å². The number of rotatable bonds is 6. The second-order valence-corrected chi connectivity index (χ2v) is 6.26. The molecule has 0 saturated carbocycles. The minimum absolute atomic E-state index is 0.154. The number of aromatic nitrogens is 1. The molecule has 0 radical (unpaired) electrons. The molecule has 132 valence electrons. The lowest BCUT2D eigenvalue weighted by Crippen LogP contribution is -2.23. The molecule has 3 rings (SSSR count). The number of pyridine rings is 1. The monoisotopic (exact) mass is 365 g/mol. The Hall–Kier alpha value is -2.85. The molecule has 26 heavy (non-hydrogen) atoms. The Morgan fingerprint density at radius 3 is 2.46 bits per heavy atom. The van der Waals surface area contributed by atoms with Crippen LogP contribution in [0.25, 0.3) is 0 Å². The summed E-state index contributed by atoms with van der Waals surface area (Å²) < 4.78 is 0. The van der Waals surface area contributed by atoms with Crippen molar-refractivity contribution in [3.05, 3.63) is 89.2 Å². The molecule has 1 N–H and O–H groups in total. The van der Waals surface area contributed by atoms with E-state index in [1.165, 1.54) is 0 Å². The molecule has 5 heteroatoms. The van der Waals surface area contributed by atoms with Crippen LogP contribution >= 0.6 is 11.6 Å². The van der Waals surface area contributed by atoms with Gasteiger partial charge in [0.25, 0.3) is 5.91 Å². The largest absolute Gasteiger partial charge is 0.348 e. The second kappa shape index (κ2) is 8.50. The van der Waals surface area contributed by atoms with Crippen LogP contribution in [0.3, 0.4) is 0 Å². The van der Waals surface area contributed by atoms with Crippen LogP contribution in [0.4, 0.5) is 11.4 Å². The van der Waals surface area contributed by atoms with E-state index in [1.54, 1.807) is 12.4 Å². The molecule has 1 heterocycles. The second-order valence-electron chi connectivity index (χ2n) is 5.82. The van der Waals surface area contributed by atoms with Gasteiger partial charge in [-0.2, -0.15) is 0 Å². The Balaban J connectivity index is 1.73. The van der Waals surface area contributed by atoms with Gasteiger partial charge in [0.2, 0.25) is 0 Å². The lowest BCUT2D eigenvalue weighted by molar-refractivity contribution is 0.0950. The fourth-order valence-corrected chi connectivity index (χ4v) is 2.83. The van der Waals surface area contributed by atoms with Gasteiger partial charge in [0, 0.05) is 30.0 Å². The molecule has 0 saturated heterocycles. The van der Waals surface area contributed by atoms with Crippen molar-refractivity contribution in [3.63, 3.8) is 0 Å². The van der Waals surface area contributed by atoms with Crippen LogP contribution in [-0.2, 0) is 6.54 Å². The molecule has 0 unspecified atom stereocenters. The van der Waals surface area contributed by atoms with Crippen molar-refractivity contribution in [2.75, 3.05) is 11.4 Å². The van der Waals surface area contributed by atoms with Gasteiger partial charge in [0.1, 0.15) is 0 Å². The van der Waals surface area contributed by atoms with Crippen molar-refractivity contribution in [2.45, 2.75) is 13.5 Å². The first-order chi connectivity index (χ1) is 12.7. The summed E-state index contributed by atoms with van der Waals surface area (Å²) in [4.78, 5) is 18.8. The molecule has 0 aliphatic heterocycles. The van der Waals surface area contributed by atoms with Crippen LogP contribution in [0.2, 0.25) is 5.02 Å². The van der Waals surface area contributed by atoms with E-state index in [0.29, 0.717) is 17.1 Å². The quantitative estimate of drug-likeness (QED) is 0.681. The summed E-state index contributed by atoms with van der Waals surface area (Å²) in [6, 6.07) is 19.3. The van der Waals surface area contributed by atoms with Crippen LogP contribution in [0.5, 0.6) is 0 Å². The van der Waals surface area contributed by atoms with Crippen molar-refractivity contribution in [3.8, 4) is 0 Å². The molecule has 2 aromatic carbocycles. The first-order valence-electron chi connectivity index (χ1n) is 8.47. The van der Waals surface area contributed by atoms with Crippen molar-refractivity contribution in [2.24, 2.45) is 0 Å². The summed E-state index contributed by atoms with van der Waals surface area (Å²) in [7, 11) is 0. The smallest absolute Gasteiger partial charge is 0.253 e. The highest BCUT2D eigenvalue weighted by atomic mass is 35.5. The van der Waals surface area contributed by atoms with E-state index >= 15 is 0 Å². The van der Waals surface area contributed by atoms with Gasteiger partial charge in [-0.05, 0) is 42.8 Å². The molecule has 4 nitrogen and oxygen atoms in total. The summed E-state index contributed by atoms with van der Waals surface area (Å²) in [6.45, 7) is 3.29. The third-order valence-electron chi connectivity index (χ3n) is 4.05. The third-order valence-corrected chi connectivity index (χ3v) is 4.30. The third kappa shape index (κ3) is 4.41. The normalized spacial score (nSPS) is 10.4. The maximum absolute atomic E-state index is 12.5. The Bertz CT molecular complexity index is 866. The van der Waals surface area contributed by atoms with Crippen molar-refractivity contribution in [1.82, 2.24) is 10.3 Å². The first-order valence-corrected chi connectivity index (χ1v) is 8.85. The number of anilines is 2. The van der Waals surface area contributed by atoms with Gasteiger partial charge in [-0.3, -0.25) is 9.78 Å². The molecule has 0 atom stereocenters. The summed E-state index contributed by atoms with van der Waals surface area (Å²) in [5.41, 5.74) is 3.48. The number of nitrogens with zero attached hydrogens (tertiary/aromatic N) is 2. The molecule has 1 amide bonds. The number of benzene rings is 2. The minimum Gasteiger partial charge on any atom is -0.348 e. The molecule has 0 bridgehead atoms. The Kier molecular flexibility index (Phi) is 5.87. The fourth-order valence-electron chi connectivity index (χ4n) is 2.71. The number of nitrogens with one attached hydrogen (secondary N) is 1. The van der Waals surface area contributed by atoms with Gasteiger partial charge in [-0.1, -0.05) is 41.9 Å². The molecular formula is C21H20ClN3O. The highest BCUT2D eigenvalue weighted by Crippen LogP contribution is 2.24. The molecule has 1 aromatic heterocycles. The Labute approximate surface area is 158 Å². The van der Waals surface area contributed by atoms with Crippen LogP contribution in [0.1, 0.15) is 22.8 Å². The standard InChI is InChI=1S/C21H20ClN3O/c1-2-25(19-6-4-3-5-7-19)20-12-17(14-23-15-20)21(26)24-13-16-8-10-18(22)11-9-16/h3-12,14-15H,2,13H2,1H3,(H,24,26). The lowest BCUT2D eigenvalue weighted by Gasteiger charge is -2.23. The van der Waals surface area contributed by atoms with E-state index in [-0.39, 0.29) is 5.91 Å². The maximum Gasteiger partial charge on any atom is 0.253 e. The van der Waals surface area contributed by atoms with E-state index in [4.69, 9.17) is 11.6 Å². The van der Waals surface area contributed by atoms with Gasteiger partial charge in [0.15, 0.2) is 0 Å². The van der Waals surface area contributed by atoms with E-state index < -0.39 is 0 Å². The highest BCUT2D eigenvalue weighted by Gasteiger charge is 2.11. The Morgan fingerprint density at radius 1 is 1.04 bits per heavy atom. The summed E-state index contributed by atoms with van der Waals surface area (Å²) in [6.07, 6.45) is 3.35. The summed E-state index contributed by atoms with van der Waals surface area (Å²) in [5, 5.41) is 3.60.